The number of rotatable bonds is 5. The van der Waals surface area contributed by atoms with E-state index in [1.54, 1.807) is 0 Å². The molecule has 2 aliphatic heterocycles. The number of carboxylic acids is 1. The third-order valence-corrected chi connectivity index (χ3v) is 3.51. The summed E-state index contributed by atoms with van der Waals surface area (Å²) < 4.78 is 10.6. The zero-order chi connectivity index (χ0) is 12.8. The van der Waals surface area contributed by atoms with Crippen molar-refractivity contribution in [3.63, 3.8) is 0 Å². The third kappa shape index (κ3) is 4.20. The van der Waals surface area contributed by atoms with Crippen molar-refractivity contribution in [2.24, 2.45) is 5.92 Å². The molecule has 0 radical (unpaired) electrons. The monoisotopic (exact) mass is 258 g/mol. The van der Waals surface area contributed by atoms with Crippen LogP contribution >= 0.6 is 0 Å². The number of carboxylic acid groups (broad SMARTS) is 1. The van der Waals surface area contributed by atoms with Gasteiger partial charge in [0, 0.05) is 39.3 Å². The molecule has 6 nitrogen and oxygen atoms in total. The molecular weight excluding hydrogens is 236 g/mol. The molecule has 0 spiro atoms. The zero-order valence-corrected chi connectivity index (χ0v) is 10.7. The summed E-state index contributed by atoms with van der Waals surface area (Å²) in [6, 6.07) is 0. The summed E-state index contributed by atoms with van der Waals surface area (Å²) in [5.74, 6) is -1.02. The van der Waals surface area contributed by atoms with Crippen LogP contribution in [0, 0.1) is 5.92 Å². The molecule has 0 aromatic rings. The van der Waals surface area contributed by atoms with Gasteiger partial charge in [0.15, 0.2) is 0 Å². The Morgan fingerprint density at radius 2 is 1.33 bits per heavy atom. The highest BCUT2D eigenvalue weighted by Gasteiger charge is 2.25. The first kappa shape index (κ1) is 13.7. The lowest BCUT2D eigenvalue weighted by Gasteiger charge is -2.33. The number of nitrogens with zero attached hydrogens (tertiary/aromatic N) is 2. The first-order valence-electron chi connectivity index (χ1n) is 6.58. The van der Waals surface area contributed by atoms with Gasteiger partial charge in [-0.3, -0.25) is 14.6 Å². The Hall–Kier alpha value is -0.690. The molecule has 0 saturated carbocycles. The number of hydrogen-bond acceptors (Lipinski definition) is 5. The average Bonchev–Trinajstić information content (AvgIpc) is 2.40. The molecular formula is C12H22N2O4. The molecule has 2 rings (SSSR count). The molecule has 0 amide bonds. The molecule has 18 heavy (non-hydrogen) atoms. The van der Waals surface area contributed by atoms with Gasteiger partial charge in [0.2, 0.25) is 0 Å². The van der Waals surface area contributed by atoms with Gasteiger partial charge in [0.05, 0.1) is 32.3 Å². The van der Waals surface area contributed by atoms with Crippen LogP contribution in [0.15, 0.2) is 0 Å². The van der Waals surface area contributed by atoms with Gasteiger partial charge in [-0.15, -0.1) is 0 Å². The summed E-state index contributed by atoms with van der Waals surface area (Å²) >= 11 is 0. The third-order valence-electron chi connectivity index (χ3n) is 3.51. The lowest BCUT2D eigenvalue weighted by Crippen LogP contribution is -2.46. The molecule has 0 aliphatic carbocycles. The van der Waals surface area contributed by atoms with E-state index in [0.717, 1.165) is 26.2 Å². The predicted octanol–water partition coefficient (Wildman–Crippen LogP) is -0.648. The van der Waals surface area contributed by atoms with Crippen LogP contribution in [0.5, 0.6) is 0 Å². The van der Waals surface area contributed by atoms with Gasteiger partial charge in [-0.05, 0) is 0 Å². The lowest BCUT2D eigenvalue weighted by atomic mass is 10.1. The van der Waals surface area contributed by atoms with Crippen LogP contribution in [0.2, 0.25) is 0 Å². The summed E-state index contributed by atoms with van der Waals surface area (Å²) in [5.41, 5.74) is 0. The van der Waals surface area contributed by atoms with Gasteiger partial charge in [-0.25, -0.2) is 0 Å². The van der Waals surface area contributed by atoms with Crippen molar-refractivity contribution in [2.45, 2.75) is 0 Å². The van der Waals surface area contributed by atoms with Crippen LogP contribution in [0.3, 0.4) is 0 Å². The van der Waals surface area contributed by atoms with Crippen molar-refractivity contribution in [3.8, 4) is 0 Å². The minimum atomic E-state index is -0.701. The normalized spacial score (nSPS) is 23.4. The number of hydrogen-bond donors (Lipinski definition) is 1. The summed E-state index contributed by atoms with van der Waals surface area (Å²) in [6.45, 7) is 7.45. The Kier molecular flexibility index (Phi) is 5.37. The second kappa shape index (κ2) is 7.04. The number of morpholine rings is 2. The van der Waals surface area contributed by atoms with E-state index in [1.807, 2.05) is 0 Å². The molecule has 0 aromatic carbocycles. The SMILES string of the molecule is O=C(O)C(CN1CCOCC1)CN1CCOCC1. The minimum Gasteiger partial charge on any atom is -0.481 e. The molecule has 104 valence electrons. The molecule has 2 fully saturated rings. The highest BCUT2D eigenvalue weighted by atomic mass is 16.5. The van der Waals surface area contributed by atoms with Crippen molar-refractivity contribution in [2.75, 3.05) is 65.7 Å². The van der Waals surface area contributed by atoms with Crippen molar-refractivity contribution < 1.29 is 19.4 Å². The highest BCUT2D eigenvalue weighted by molar-refractivity contribution is 5.70. The Bertz CT molecular complexity index is 243. The van der Waals surface area contributed by atoms with E-state index in [1.165, 1.54) is 0 Å². The molecule has 6 heteroatoms. The molecule has 0 aromatic heterocycles. The Labute approximate surface area is 107 Å². The first-order valence-corrected chi connectivity index (χ1v) is 6.58. The van der Waals surface area contributed by atoms with E-state index in [9.17, 15) is 9.90 Å². The van der Waals surface area contributed by atoms with Crippen LogP contribution in [0.1, 0.15) is 0 Å². The number of carbonyl (C=O) groups is 1. The Morgan fingerprint density at radius 3 is 1.67 bits per heavy atom. The number of aliphatic carboxylic acids is 1. The van der Waals surface area contributed by atoms with E-state index < -0.39 is 5.97 Å². The van der Waals surface area contributed by atoms with E-state index in [0.29, 0.717) is 39.5 Å². The minimum absolute atomic E-state index is 0.318. The van der Waals surface area contributed by atoms with E-state index in [4.69, 9.17) is 9.47 Å². The van der Waals surface area contributed by atoms with Crippen LogP contribution in [-0.4, -0.2) is 86.6 Å². The average molecular weight is 258 g/mol. The maximum atomic E-state index is 11.3. The molecule has 0 unspecified atom stereocenters. The van der Waals surface area contributed by atoms with Gasteiger partial charge in [-0.1, -0.05) is 0 Å². The molecule has 1 N–H and O–H groups in total. The van der Waals surface area contributed by atoms with Crippen molar-refractivity contribution >= 4 is 5.97 Å². The van der Waals surface area contributed by atoms with E-state index in [-0.39, 0.29) is 5.92 Å². The van der Waals surface area contributed by atoms with Crippen molar-refractivity contribution in [3.05, 3.63) is 0 Å². The molecule has 0 atom stereocenters. The maximum Gasteiger partial charge on any atom is 0.309 e. The quantitative estimate of drug-likeness (QED) is 0.707. The largest absolute Gasteiger partial charge is 0.481 e. The van der Waals surface area contributed by atoms with Crippen LogP contribution in [0.25, 0.3) is 0 Å². The summed E-state index contributed by atoms with van der Waals surface area (Å²) in [6.07, 6.45) is 0. The Morgan fingerprint density at radius 1 is 0.944 bits per heavy atom. The Balaban J connectivity index is 1.80. The van der Waals surface area contributed by atoms with Crippen molar-refractivity contribution in [1.82, 2.24) is 9.80 Å². The van der Waals surface area contributed by atoms with E-state index in [2.05, 4.69) is 9.80 Å². The first-order chi connectivity index (χ1) is 8.75. The fourth-order valence-corrected chi connectivity index (χ4v) is 2.40. The second-order valence-corrected chi connectivity index (χ2v) is 4.86. The van der Waals surface area contributed by atoms with E-state index >= 15 is 0 Å². The molecule has 0 bridgehead atoms. The van der Waals surface area contributed by atoms with Gasteiger partial charge < -0.3 is 14.6 Å². The lowest BCUT2D eigenvalue weighted by molar-refractivity contribution is -0.144. The molecule has 2 aliphatic rings. The summed E-state index contributed by atoms with van der Waals surface area (Å²) in [7, 11) is 0. The van der Waals surface area contributed by atoms with Crippen molar-refractivity contribution in [1.29, 1.82) is 0 Å². The van der Waals surface area contributed by atoms with Crippen LogP contribution < -0.4 is 0 Å². The van der Waals surface area contributed by atoms with Gasteiger partial charge in [0.1, 0.15) is 0 Å². The summed E-state index contributed by atoms with van der Waals surface area (Å²) in [5, 5.41) is 9.32. The standard InChI is InChI=1S/C12H22N2O4/c15-12(16)11(9-13-1-5-17-6-2-13)10-14-3-7-18-8-4-14/h11H,1-10H2,(H,15,16). The van der Waals surface area contributed by atoms with Gasteiger partial charge >= 0.3 is 5.97 Å². The molecule has 2 saturated heterocycles. The summed E-state index contributed by atoms with van der Waals surface area (Å²) in [4.78, 5) is 15.7. The second-order valence-electron chi connectivity index (χ2n) is 4.86. The molecule has 2 heterocycles. The maximum absolute atomic E-state index is 11.3. The van der Waals surface area contributed by atoms with Gasteiger partial charge in [-0.2, -0.15) is 0 Å². The predicted molar refractivity (Wildman–Crippen MR) is 65.6 cm³/mol. The van der Waals surface area contributed by atoms with Crippen LogP contribution in [-0.2, 0) is 14.3 Å². The number of ether oxygens (including phenoxy) is 2. The van der Waals surface area contributed by atoms with Gasteiger partial charge in [0.25, 0.3) is 0 Å². The fourth-order valence-electron chi connectivity index (χ4n) is 2.40. The fraction of sp³-hybridized carbons (Fsp3) is 0.917. The zero-order valence-electron chi connectivity index (χ0n) is 10.7. The topological polar surface area (TPSA) is 62.2 Å². The van der Waals surface area contributed by atoms with Crippen LogP contribution in [0.4, 0.5) is 0 Å². The smallest absolute Gasteiger partial charge is 0.309 e. The highest BCUT2D eigenvalue weighted by Crippen LogP contribution is 2.08.